The molecule has 30 heavy (non-hydrogen) atoms. The van der Waals surface area contributed by atoms with Crippen molar-refractivity contribution < 1.29 is 17.9 Å². The van der Waals surface area contributed by atoms with Crippen molar-refractivity contribution in [1.82, 2.24) is 9.21 Å². The maximum Gasteiger partial charge on any atom is 0.243 e. The van der Waals surface area contributed by atoms with Gasteiger partial charge in [-0.05, 0) is 61.2 Å². The molecule has 0 atom stereocenters. The fourth-order valence-corrected chi connectivity index (χ4v) is 5.18. The number of sulfonamides is 1. The minimum Gasteiger partial charge on any atom is -0.497 e. The second-order valence-corrected chi connectivity index (χ2v) is 10.1. The number of methoxy groups -OCH3 is 1. The van der Waals surface area contributed by atoms with Gasteiger partial charge in [0, 0.05) is 37.1 Å². The monoisotopic (exact) mass is 494 g/mol. The number of amides is 1. The molecule has 0 N–H and O–H groups in total. The molecular weight excluding hydrogens is 468 g/mol. The maximum absolute atomic E-state index is 12.8. The van der Waals surface area contributed by atoms with E-state index in [1.165, 1.54) is 9.87 Å². The molecule has 0 unspecified atom stereocenters. The zero-order valence-corrected chi connectivity index (χ0v) is 19.5. The molecule has 1 heterocycles. The van der Waals surface area contributed by atoms with E-state index in [4.69, 9.17) is 4.74 Å². The minimum atomic E-state index is -3.55. The fraction of sp³-hybridized carbons (Fsp3) is 0.409. The lowest BCUT2D eigenvalue weighted by atomic mass is 10.1. The number of nitrogens with zero attached hydrogens (tertiary/aromatic N) is 2. The number of hydrogen-bond donors (Lipinski definition) is 0. The van der Waals surface area contributed by atoms with E-state index in [1.807, 2.05) is 12.1 Å². The number of carbonyl (C=O) groups excluding carboxylic acids is 1. The van der Waals surface area contributed by atoms with E-state index in [9.17, 15) is 13.2 Å². The van der Waals surface area contributed by atoms with Gasteiger partial charge in [-0.1, -0.05) is 28.1 Å². The highest BCUT2D eigenvalue weighted by Crippen LogP contribution is 2.21. The fourth-order valence-electron chi connectivity index (χ4n) is 3.49. The van der Waals surface area contributed by atoms with Crippen LogP contribution in [0, 0.1) is 0 Å². The van der Waals surface area contributed by atoms with Crippen LogP contribution in [-0.2, 0) is 21.2 Å². The number of halogens is 1. The molecule has 6 nitrogen and oxygen atoms in total. The SMILES string of the molecule is COc1ccc(S(=O)(=O)N2CCN(C(=O)CCCCc3ccc(Br)cc3)CC2)cc1. The van der Waals surface area contributed by atoms with Gasteiger partial charge in [0.05, 0.1) is 12.0 Å². The molecule has 1 saturated heterocycles. The van der Waals surface area contributed by atoms with Crippen LogP contribution in [0.1, 0.15) is 24.8 Å². The Bertz CT molecular complexity index is 938. The number of piperazine rings is 1. The normalized spacial score (nSPS) is 15.2. The quantitative estimate of drug-likeness (QED) is 0.524. The lowest BCUT2D eigenvalue weighted by Gasteiger charge is -2.34. The summed E-state index contributed by atoms with van der Waals surface area (Å²) in [5.74, 6) is 0.719. The number of unbranched alkanes of at least 4 members (excludes halogenated alkanes) is 1. The van der Waals surface area contributed by atoms with Gasteiger partial charge in [0.25, 0.3) is 0 Å². The van der Waals surface area contributed by atoms with E-state index in [-0.39, 0.29) is 10.8 Å². The van der Waals surface area contributed by atoms with Crippen molar-refractivity contribution in [2.75, 3.05) is 33.3 Å². The summed E-state index contributed by atoms with van der Waals surface area (Å²) in [6.07, 6.45) is 3.24. The van der Waals surface area contributed by atoms with Gasteiger partial charge in [-0.3, -0.25) is 4.79 Å². The molecule has 2 aromatic carbocycles. The highest BCUT2D eigenvalue weighted by Gasteiger charge is 2.29. The lowest BCUT2D eigenvalue weighted by Crippen LogP contribution is -2.50. The van der Waals surface area contributed by atoms with Crippen LogP contribution < -0.4 is 4.74 Å². The summed E-state index contributed by atoms with van der Waals surface area (Å²) in [4.78, 5) is 14.5. The second-order valence-electron chi connectivity index (χ2n) is 7.29. The minimum absolute atomic E-state index is 0.104. The lowest BCUT2D eigenvalue weighted by molar-refractivity contribution is -0.132. The summed E-state index contributed by atoms with van der Waals surface area (Å²) in [5, 5.41) is 0. The first-order valence-corrected chi connectivity index (χ1v) is 12.3. The first-order chi connectivity index (χ1) is 14.4. The third-order valence-electron chi connectivity index (χ3n) is 5.31. The van der Waals surface area contributed by atoms with Gasteiger partial charge in [-0.15, -0.1) is 0 Å². The van der Waals surface area contributed by atoms with Crippen LogP contribution in [0.2, 0.25) is 0 Å². The van der Waals surface area contributed by atoms with Crippen molar-refractivity contribution in [2.24, 2.45) is 0 Å². The van der Waals surface area contributed by atoms with Crippen LogP contribution in [-0.4, -0.2) is 56.8 Å². The zero-order valence-electron chi connectivity index (χ0n) is 17.1. The third-order valence-corrected chi connectivity index (χ3v) is 7.75. The Morgan fingerprint density at radius 2 is 1.60 bits per heavy atom. The van der Waals surface area contributed by atoms with E-state index >= 15 is 0 Å². The first-order valence-electron chi connectivity index (χ1n) is 10.1. The Hall–Kier alpha value is -1.90. The van der Waals surface area contributed by atoms with Crippen molar-refractivity contribution >= 4 is 31.9 Å². The number of rotatable bonds is 8. The number of hydrogen-bond acceptors (Lipinski definition) is 4. The van der Waals surface area contributed by atoms with Crippen LogP contribution in [0.3, 0.4) is 0 Å². The van der Waals surface area contributed by atoms with Gasteiger partial charge >= 0.3 is 0 Å². The highest BCUT2D eigenvalue weighted by molar-refractivity contribution is 9.10. The van der Waals surface area contributed by atoms with Crippen LogP contribution in [0.4, 0.5) is 0 Å². The van der Waals surface area contributed by atoms with Crippen molar-refractivity contribution in [1.29, 1.82) is 0 Å². The average Bonchev–Trinajstić information content (AvgIpc) is 2.78. The molecule has 162 valence electrons. The van der Waals surface area contributed by atoms with Crippen molar-refractivity contribution in [3.05, 3.63) is 58.6 Å². The highest BCUT2D eigenvalue weighted by atomic mass is 79.9. The molecule has 1 amide bonds. The summed E-state index contributed by atoms with van der Waals surface area (Å²) >= 11 is 3.43. The Labute approximate surface area is 187 Å². The van der Waals surface area contributed by atoms with Crippen LogP contribution in [0.25, 0.3) is 0 Å². The summed E-state index contributed by atoms with van der Waals surface area (Å²) < 4.78 is 33.2. The zero-order chi connectivity index (χ0) is 21.6. The molecule has 1 fully saturated rings. The standard InChI is InChI=1S/C22H27BrN2O4S/c1-29-20-10-12-21(13-11-20)30(27,28)25-16-14-24(15-17-25)22(26)5-3-2-4-18-6-8-19(23)9-7-18/h6-13H,2-5,14-17H2,1H3. The molecule has 1 aliphatic heterocycles. The Kier molecular flexibility index (Phi) is 7.91. The Morgan fingerprint density at radius 3 is 2.20 bits per heavy atom. The topological polar surface area (TPSA) is 66.9 Å². The van der Waals surface area contributed by atoms with Gasteiger partial charge in [-0.2, -0.15) is 4.31 Å². The first kappa shape index (κ1) is 22.8. The average molecular weight is 495 g/mol. The predicted molar refractivity (Wildman–Crippen MR) is 120 cm³/mol. The van der Waals surface area contributed by atoms with E-state index < -0.39 is 10.0 Å². The van der Waals surface area contributed by atoms with Crippen LogP contribution >= 0.6 is 15.9 Å². The molecule has 3 rings (SSSR count). The van der Waals surface area contributed by atoms with Crippen molar-refractivity contribution in [2.45, 2.75) is 30.6 Å². The molecule has 0 aliphatic carbocycles. The molecule has 0 radical (unpaired) electrons. The second kappa shape index (κ2) is 10.4. The Morgan fingerprint density at radius 1 is 0.967 bits per heavy atom. The third kappa shape index (κ3) is 5.83. The maximum atomic E-state index is 12.8. The van der Waals surface area contributed by atoms with Gasteiger partial charge in [-0.25, -0.2) is 8.42 Å². The van der Waals surface area contributed by atoms with Crippen molar-refractivity contribution in [3.8, 4) is 5.75 Å². The van der Waals surface area contributed by atoms with E-state index in [1.54, 1.807) is 36.3 Å². The molecule has 0 aromatic heterocycles. The van der Waals surface area contributed by atoms with Gasteiger partial charge in [0.2, 0.25) is 15.9 Å². The van der Waals surface area contributed by atoms with Crippen LogP contribution in [0.15, 0.2) is 57.9 Å². The van der Waals surface area contributed by atoms with Gasteiger partial charge in [0.1, 0.15) is 5.75 Å². The number of carbonyl (C=O) groups is 1. The van der Waals surface area contributed by atoms with E-state index in [0.29, 0.717) is 38.3 Å². The number of aryl methyl sites for hydroxylation is 1. The Balaban J connectivity index is 1.43. The molecule has 0 bridgehead atoms. The largest absolute Gasteiger partial charge is 0.497 e. The van der Waals surface area contributed by atoms with Gasteiger partial charge in [0.15, 0.2) is 0 Å². The van der Waals surface area contributed by atoms with E-state index in [0.717, 1.165) is 23.7 Å². The predicted octanol–water partition coefficient (Wildman–Crippen LogP) is 3.70. The molecular formula is C22H27BrN2O4S. The van der Waals surface area contributed by atoms with Gasteiger partial charge < -0.3 is 9.64 Å². The summed E-state index contributed by atoms with van der Waals surface area (Å²) in [6.45, 7) is 1.50. The molecule has 0 saturated carbocycles. The number of ether oxygens (including phenoxy) is 1. The van der Waals surface area contributed by atoms with Crippen molar-refractivity contribution in [3.63, 3.8) is 0 Å². The molecule has 0 spiro atoms. The van der Waals surface area contributed by atoms with E-state index in [2.05, 4.69) is 28.1 Å². The summed E-state index contributed by atoms with van der Waals surface area (Å²) in [6, 6.07) is 14.6. The molecule has 1 aliphatic rings. The smallest absolute Gasteiger partial charge is 0.243 e. The van der Waals surface area contributed by atoms with Crippen LogP contribution in [0.5, 0.6) is 5.75 Å². The molecule has 8 heteroatoms. The summed E-state index contributed by atoms with van der Waals surface area (Å²) in [7, 11) is -2.01. The summed E-state index contributed by atoms with van der Waals surface area (Å²) in [5.41, 5.74) is 1.27. The molecule has 2 aromatic rings. The number of benzene rings is 2.